The first-order valence-corrected chi connectivity index (χ1v) is 8.35. The van der Waals surface area contributed by atoms with Gasteiger partial charge in [0.25, 0.3) is 0 Å². The molecule has 0 aliphatic carbocycles. The molecule has 1 atom stereocenters. The Morgan fingerprint density at radius 2 is 2.00 bits per heavy atom. The Hall–Kier alpha value is -2.04. The molecule has 1 unspecified atom stereocenters. The maximum atomic E-state index is 12.5. The van der Waals surface area contributed by atoms with Crippen molar-refractivity contribution in [3.8, 4) is 5.75 Å². The van der Waals surface area contributed by atoms with Crippen LogP contribution in [0.15, 0.2) is 42.5 Å². The highest BCUT2D eigenvalue weighted by atomic mass is 35.5. The number of carbonyl (C=O) groups excluding carboxylic acids is 1. The Bertz CT molecular complexity index is 729. The highest BCUT2D eigenvalue weighted by Gasteiger charge is 2.26. The maximum Gasteiger partial charge on any atom is 0.231 e. The largest absolute Gasteiger partial charge is 0.492 e. The second kappa shape index (κ2) is 7.24. The van der Waals surface area contributed by atoms with Gasteiger partial charge < -0.3 is 15.0 Å². The van der Waals surface area contributed by atoms with Crippen LogP contribution in [0.25, 0.3) is 0 Å². The lowest BCUT2D eigenvalue weighted by Crippen LogP contribution is -2.32. The van der Waals surface area contributed by atoms with E-state index in [4.69, 9.17) is 16.3 Å². The summed E-state index contributed by atoms with van der Waals surface area (Å²) in [5.41, 5.74) is 3.00. The van der Waals surface area contributed by atoms with Gasteiger partial charge in [-0.2, -0.15) is 0 Å². The molecule has 2 aromatic carbocycles. The van der Waals surface area contributed by atoms with E-state index in [0.29, 0.717) is 18.1 Å². The van der Waals surface area contributed by atoms with Crippen molar-refractivity contribution < 1.29 is 9.53 Å². The van der Waals surface area contributed by atoms with Crippen molar-refractivity contribution in [3.63, 3.8) is 0 Å². The zero-order valence-corrected chi connectivity index (χ0v) is 14.6. The lowest BCUT2D eigenvalue weighted by atomic mass is 9.96. The normalized spacial score (nSPS) is 16.4. The molecule has 0 saturated heterocycles. The molecule has 24 heavy (non-hydrogen) atoms. The Kier molecular flexibility index (Phi) is 5.07. The monoisotopic (exact) mass is 344 g/mol. The molecule has 0 fully saturated rings. The zero-order chi connectivity index (χ0) is 17.1. The number of hydrogen-bond acceptors (Lipinski definition) is 3. The van der Waals surface area contributed by atoms with Gasteiger partial charge in [-0.3, -0.25) is 4.79 Å². The molecule has 0 saturated carbocycles. The van der Waals surface area contributed by atoms with Crippen LogP contribution in [-0.4, -0.2) is 31.5 Å². The number of benzene rings is 2. The van der Waals surface area contributed by atoms with Gasteiger partial charge in [0.05, 0.1) is 5.92 Å². The molecule has 1 aliphatic rings. The molecular formula is C19H21ClN2O2. The SMILES string of the molecule is CN(C)Cc1ccc(NC(=O)C2COc3ccc(Cl)cc3C2)cc1. The van der Waals surface area contributed by atoms with E-state index in [-0.39, 0.29) is 11.8 Å². The molecule has 1 N–H and O–H groups in total. The molecule has 4 nitrogen and oxygen atoms in total. The second-order valence-electron chi connectivity index (χ2n) is 6.39. The van der Waals surface area contributed by atoms with Crippen LogP contribution in [-0.2, 0) is 17.8 Å². The fraction of sp³-hybridized carbons (Fsp3) is 0.316. The van der Waals surface area contributed by atoms with Gasteiger partial charge in [0.2, 0.25) is 5.91 Å². The number of halogens is 1. The number of amides is 1. The predicted molar refractivity (Wildman–Crippen MR) is 96.6 cm³/mol. The molecule has 0 spiro atoms. The molecule has 2 aromatic rings. The van der Waals surface area contributed by atoms with Crippen molar-refractivity contribution in [2.75, 3.05) is 26.0 Å². The van der Waals surface area contributed by atoms with E-state index < -0.39 is 0 Å². The average molecular weight is 345 g/mol. The average Bonchev–Trinajstić information content (AvgIpc) is 2.55. The molecule has 1 heterocycles. The summed E-state index contributed by atoms with van der Waals surface area (Å²) in [7, 11) is 4.06. The van der Waals surface area contributed by atoms with Crippen LogP contribution in [0.1, 0.15) is 11.1 Å². The van der Waals surface area contributed by atoms with Crippen molar-refractivity contribution in [3.05, 3.63) is 58.6 Å². The van der Waals surface area contributed by atoms with Gasteiger partial charge in [0.1, 0.15) is 12.4 Å². The number of carbonyl (C=O) groups is 1. The quantitative estimate of drug-likeness (QED) is 0.921. The Morgan fingerprint density at radius 1 is 1.25 bits per heavy atom. The highest BCUT2D eigenvalue weighted by molar-refractivity contribution is 6.30. The summed E-state index contributed by atoms with van der Waals surface area (Å²) in [6.45, 7) is 1.27. The summed E-state index contributed by atoms with van der Waals surface area (Å²) in [5, 5.41) is 3.63. The molecule has 0 bridgehead atoms. The Balaban J connectivity index is 1.63. The van der Waals surface area contributed by atoms with Crippen molar-refractivity contribution >= 4 is 23.2 Å². The minimum atomic E-state index is -0.211. The van der Waals surface area contributed by atoms with Crippen LogP contribution in [0.5, 0.6) is 5.75 Å². The molecule has 126 valence electrons. The molecule has 0 radical (unpaired) electrons. The van der Waals surface area contributed by atoms with Gasteiger partial charge in [-0.05, 0) is 62.0 Å². The Labute approximate surface area is 147 Å². The summed E-state index contributed by atoms with van der Waals surface area (Å²) in [4.78, 5) is 14.6. The van der Waals surface area contributed by atoms with Crippen LogP contribution in [0.4, 0.5) is 5.69 Å². The van der Waals surface area contributed by atoms with E-state index in [1.54, 1.807) is 6.07 Å². The first kappa shape index (κ1) is 16.8. The van der Waals surface area contributed by atoms with Crippen LogP contribution in [0.3, 0.4) is 0 Å². The molecular weight excluding hydrogens is 324 g/mol. The molecule has 5 heteroatoms. The zero-order valence-electron chi connectivity index (χ0n) is 13.9. The smallest absolute Gasteiger partial charge is 0.231 e. The van der Waals surface area contributed by atoms with Crippen LogP contribution >= 0.6 is 11.6 Å². The second-order valence-corrected chi connectivity index (χ2v) is 6.82. The van der Waals surface area contributed by atoms with Gasteiger partial charge in [-0.25, -0.2) is 0 Å². The summed E-state index contributed by atoms with van der Waals surface area (Å²) in [5.74, 6) is 0.579. The third kappa shape index (κ3) is 4.08. The third-order valence-corrected chi connectivity index (χ3v) is 4.26. The van der Waals surface area contributed by atoms with Gasteiger partial charge in [-0.1, -0.05) is 23.7 Å². The van der Waals surface area contributed by atoms with E-state index in [1.165, 1.54) is 5.56 Å². The van der Waals surface area contributed by atoms with Crippen molar-refractivity contribution in [1.82, 2.24) is 4.90 Å². The van der Waals surface area contributed by atoms with Gasteiger partial charge in [-0.15, -0.1) is 0 Å². The van der Waals surface area contributed by atoms with Crippen LogP contribution < -0.4 is 10.1 Å². The first-order chi connectivity index (χ1) is 11.5. The van der Waals surface area contributed by atoms with E-state index in [0.717, 1.165) is 23.5 Å². The summed E-state index contributed by atoms with van der Waals surface area (Å²) in [6.07, 6.45) is 0.639. The molecule has 3 rings (SSSR count). The number of hydrogen-bond donors (Lipinski definition) is 1. The maximum absolute atomic E-state index is 12.5. The van der Waals surface area contributed by atoms with Gasteiger partial charge in [0.15, 0.2) is 0 Å². The summed E-state index contributed by atoms with van der Waals surface area (Å²) >= 11 is 6.02. The number of nitrogens with one attached hydrogen (secondary N) is 1. The van der Waals surface area contributed by atoms with E-state index >= 15 is 0 Å². The number of rotatable bonds is 4. The van der Waals surface area contributed by atoms with Crippen molar-refractivity contribution in [1.29, 1.82) is 0 Å². The topological polar surface area (TPSA) is 41.6 Å². The van der Waals surface area contributed by atoms with Gasteiger partial charge in [0, 0.05) is 17.3 Å². The minimum absolute atomic E-state index is 0.0269. The number of ether oxygens (including phenoxy) is 1. The Morgan fingerprint density at radius 3 is 2.71 bits per heavy atom. The standard InChI is InChI=1S/C19H21ClN2O2/c1-22(2)11-13-3-6-17(7-4-13)21-19(23)15-9-14-10-16(20)5-8-18(14)24-12-15/h3-8,10,15H,9,11-12H2,1-2H3,(H,21,23). The van der Waals surface area contributed by atoms with Crippen molar-refractivity contribution in [2.24, 2.45) is 5.92 Å². The number of nitrogens with zero attached hydrogens (tertiary/aromatic N) is 1. The summed E-state index contributed by atoms with van der Waals surface area (Å²) in [6, 6.07) is 13.5. The van der Waals surface area contributed by atoms with E-state index in [2.05, 4.69) is 10.2 Å². The first-order valence-electron chi connectivity index (χ1n) is 7.97. The molecule has 1 amide bonds. The number of anilines is 1. The lowest BCUT2D eigenvalue weighted by molar-refractivity contribution is -0.121. The predicted octanol–water partition coefficient (Wildman–Crippen LogP) is 3.59. The fourth-order valence-electron chi connectivity index (χ4n) is 2.83. The van der Waals surface area contributed by atoms with Crippen LogP contribution in [0.2, 0.25) is 5.02 Å². The molecule has 0 aromatic heterocycles. The van der Waals surface area contributed by atoms with Gasteiger partial charge >= 0.3 is 0 Å². The van der Waals surface area contributed by atoms with E-state index in [9.17, 15) is 4.79 Å². The lowest BCUT2D eigenvalue weighted by Gasteiger charge is -2.24. The number of fused-ring (bicyclic) bond motifs is 1. The summed E-state index contributed by atoms with van der Waals surface area (Å²) < 4.78 is 5.69. The molecule has 1 aliphatic heterocycles. The van der Waals surface area contributed by atoms with Crippen molar-refractivity contribution in [2.45, 2.75) is 13.0 Å². The third-order valence-electron chi connectivity index (χ3n) is 4.02. The fourth-order valence-corrected chi connectivity index (χ4v) is 3.03. The minimum Gasteiger partial charge on any atom is -0.492 e. The highest BCUT2D eigenvalue weighted by Crippen LogP contribution is 2.30. The van der Waals surface area contributed by atoms with E-state index in [1.807, 2.05) is 50.5 Å². The van der Waals surface area contributed by atoms with Crippen LogP contribution in [0, 0.1) is 5.92 Å².